The molecule has 0 fully saturated rings. The van der Waals surface area contributed by atoms with Gasteiger partial charge in [-0.2, -0.15) is 0 Å². The molecule has 2 aromatic heterocycles. The fraction of sp³-hybridized carbons (Fsp3) is 0.364. The van der Waals surface area contributed by atoms with Gasteiger partial charge in [0.25, 0.3) is 5.91 Å². The Hall–Kier alpha value is -3.02. The molecule has 1 aromatic carbocycles. The topological polar surface area (TPSA) is 69.3 Å². The van der Waals surface area contributed by atoms with Crippen molar-refractivity contribution in [2.24, 2.45) is 0 Å². The highest BCUT2D eigenvalue weighted by Crippen LogP contribution is 2.21. The fourth-order valence-electron chi connectivity index (χ4n) is 3.18. The van der Waals surface area contributed by atoms with E-state index in [-0.39, 0.29) is 5.91 Å². The van der Waals surface area contributed by atoms with Gasteiger partial charge in [-0.15, -0.1) is 0 Å². The van der Waals surface area contributed by atoms with Crippen LogP contribution in [0, 0.1) is 20.8 Å². The van der Waals surface area contributed by atoms with Crippen LogP contribution in [0.2, 0.25) is 0 Å². The zero-order chi connectivity index (χ0) is 20.3. The number of nitrogens with one attached hydrogen (secondary N) is 1. The quantitative estimate of drug-likeness (QED) is 0.619. The molecule has 0 bridgehead atoms. The zero-order valence-corrected chi connectivity index (χ0v) is 17.1. The molecule has 3 aromatic rings. The maximum atomic E-state index is 12.6. The lowest BCUT2D eigenvalue weighted by Gasteiger charge is -2.10. The van der Waals surface area contributed by atoms with E-state index in [1.165, 1.54) is 5.56 Å². The summed E-state index contributed by atoms with van der Waals surface area (Å²) in [6.07, 6.45) is 0. The van der Waals surface area contributed by atoms with E-state index in [1.807, 2.05) is 49.6 Å². The molecule has 0 aliphatic carbocycles. The lowest BCUT2D eigenvalue weighted by Crippen LogP contribution is -2.28. The zero-order valence-electron chi connectivity index (χ0n) is 17.1. The van der Waals surface area contributed by atoms with E-state index in [4.69, 9.17) is 9.26 Å². The van der Waals surface area contributed by atoms with Crippen LogP contribution in [0.25, 0.3) is 5.82 Å². The molecule has 148 valence electrons. The first-order valence-corrected chi connectivity index (χ1v) is 9.50. The standard InChI is InChI=1S/C22H27N3O3/c1-14(2)18-6-8-19(9-7-18)27-11-10-23-22(26)20-12-15(3)25(17(20)5)21-13-16(4)28-24-21/h6-9,12-14H,10-11H2,1-5H3,(H,23,26). The number of aromatic nitrogens is 2. The molecule has 1 amide bonds. The third-order valence-corrected chi connectivity index (χ3v) is 4.72. The van der Waals surface area contributed by atoms with Crippen LogP contribution in [0.4, 0.5) is 0 Å². The smallest absolute Gasteiger partial charge is 0.253 e. The Morgan fingerprint density at radius 2 is 1.89 bits per heavy atom. The summed E-state index contributed by atoms with van der Waals surface area (Å²) in [7, 11) is 0. The van der Waals surface area contributed by atoms with Crippen molar-refractivity contribution < 1.29 is 14.1 Å². The Balaban J connectivity index is 1.57. The third kappa shape index (κ3) is 4.27. The fourth-order valence-corrected chi connectivity index (χ4v) is 3.18. The SMILES string of the molecule is Cc1cc(-n2c(C)cc(C(=O)NCCOc3ccc(C(C)C)cc3)c2C)no1. The summed E-state index contributed by atoms with van der Waals surface area (Å²) in [6, 6.07) is 11.8. The van der Waals surface area contributed by atoms with Crippen LogP contribution >= 0.6 is 0 Å². The van der Waals surface area contributed by atoms with Crippen molar-refractivity contribution in [1.29, 1.82) is 0 Å². The van der Waals surface area contributed by atoms with Crippen molar-refractivity contribution in [2.75, 3.05) is 13.2 Å². The summed E-state index contributed by atoms with van der Waals surface area (Å²) in [5.74, 6) is 2.58. The Morgan fingerprint density at radius 1 is 1.18 bits per heavy atom. The second kappa shape index (κ2) is 8.33. The van der Waals surface area contributed by atoms with Gasteiger partial charge in [0, 0.05) is 17.5 Å². The number of hydrogen-bond donors (Lipinski definition) is 1. The molecule has 0 saturated heterocycles. The average molecular weight is 381 g/mol. The maximum absolute atomic E-state index is 12.6. The summed E-state index contributed by atoms with van der Waals surface area (Å²) < 4.78 is 12.8. The minimum atomic E-state index is -0.127. The van der Waals surface area contributed by atoms with Gasteiger partial charge in [-0.25, -0.2) is 0 Å². The van der Waals surface area contributed by atoms with Crippen molar-refractivity contribution in [3.05, 3.63) is 64.7 Å². The molecular formula is C22H27N3O3. The number of rotatable bonds is 7. The molecule has 6 nitrogen and oxygen atoms in total. The average Bonchev–Trinajstić information content (AvgIpc) is 3.21. The number of hydrogen-bond acceptors (Lipinski definition) is 4. The largest absolute Gasteiger partial charge is 0.492 e. The van der Waals surface area contributed by atoms with Gasteiger partial charge in [0.15, 0.2) is 5.82 Å². The first-order valence-electron chi connectivity index (χ1n) is 9.50. The van der Waals surface area contributed by atoms with Gasteiger partial charge in [0.2, 0.25) is 0 Å². The predicted molar refractivity (Wildman–Crippen MR) is 108 cm³/mol. The van der Waals surface area contributed by atoms with Crippen LogP contribution in [0.1, 0.15) is 52.8 Å². The number of carbonyl (C=O) groups excluding carboxylic acids is 1. The first kappa shape index (κ1) is 19.7. The van der Waals surface area contributed by atoms with Crippen LogP contribution in [0.3, 0.4) is 0 Å². The predicted octanol–water partition coefficient (Wildman–Crippen LogP) is 4.32. The second-order valence-electron chi connectivity index (χ2n) is 7.24. The minimum Gasteiger partial charge on any atom is -0.492 e. The van der Waals surface area contributed by atoms with E-state index >= 15 is 0 Å². The van der Waals surface area contributed by atoms with Gasteiger partial charge < -0.3 is 14.6 Å². The first-order chi connectivity index (χ1) is 13.4. The molecule has 0 saturated carbocycles. The van der Waals surface area contributed by atoms with Gasteiger partial charge in [-0.3, -0.25) is 9.36 Å². The van der Waals surface area contributed by atoms with E-state index in [2.05, 4.69) is 36.5 Å². The van der Waals surface area contributed by atoms with Gasteiger partial charge in [-0.1, -0.05) is 31.1 Å². The maximum Gasteiger partial charge on any atom is 0.253 e. The van der Waals surface area contributed by atoms with Crippen molar-refractivity contribution in [2.45, 2.75) is 40.5 Å². The number of aryl methyl sites for hydroxylation is 2. The highest BCUT2D eigenvalue weighted by Gasteiger charge is 2.18. The molecule has 1 N–H and O–H groups in total. The summed E-state index contributed by atoms with van der Waals surface area (Å²) in [4.78, 5) is 12.6. The molecule has 0 radical (unpaired) electrons. The van der Waals surface area contributed by atoms with Crippen LogP contribution in [-0.2, 0) is 0 Å². The van der Waals surface area contributed by atoms with Crippen molar-refractivity contribution in [3.8, 4) is 11.6 Å². The second-order valence-corrected chi connectivity index (χ2v) is 7.24. The third-order valence-electron chi connectivity index (χ3n) is 4.72. The molecule has 0 atom stereocenters. The lowest BCUT2D eigenvalue weighted by molar-refractivity contribution is 0.0946. The normalized spacial score (nSPS) is 11.1. The van der Waals surface area contributed by atoms with Gasteiger partial charge >= 0.3 is 0 Å². The van der Waals surface area contributed by atoms with E-state index in [9.17, 15) is 4.79 Å². The molecule has 0 spiro atoms. The van der Waals surface area contributed by atoms with Crippen LogP contribution < -0.4 is 10.1 Å². The number of amides is 1. The molecular weight excluding hydrogens is 354 g/mol. The van der Waals surface area contributed by atoms with Crippen LogP contribution in [-0.4, -0.2) is 28.8 Å². The lowest BCUT2D eigenvalue weighted by atomic mass is 10.0. The summed E-state index contributed by atoms with van der Waals surface area (Å²) in [6.45, 7) is 10.8. The molecule has 3 rings (SSSR count). The highest BCUT2D eigenvalue weighted by molar-refractivity contribution is 5.95. The molecule has 0 aliphatic rings. The number of nitrogens with zero attached hydrogens (tertiary/aromatic N) is 2. The Kier molecular flexibility index (Phi) is 5.87. The molecule has 0 aliphatic heterocycles. The van der Waals surface area contributed by atoms with E-state index in [1.54, 1.807) is 0 Å². The van der Waals surface area contributed by atoms with Crippen LogP contribution in [0.15, 0.2) is 40.9 Å². The van der Waals surface area contributed by atoms with Gasteiger partial charge in [0.1, 0.15) is 18.1 Å². The van der Waals surface area contributed by atoms with E-state index in [0.717, 1.165) is 22.9 Å². The minimum absolute atomic E-state index is 0.127. The summed E-state index contributed by atoms with van der Waals surface area (Å²) in [5.41, 5.74) is 3.66. The molecule has 2 heterocycles. The van der Waals surface area contributed by atoms with Crippen molar-refractivity contribution in [3.63, 3.8) is 0 Å². The number of ether oxygens (including phenoxy) is 1. The monoisotopic (exact) mass is 381 g/mol. The molecule has 6 heteroatoms. The summed E-state index contributed by atoms with van der Waals surface area (Å²) >= 11 is 0. The summed E-state index contributed by atoms with van der Waals surface area (Å²) in [5, 5.41) is 6.96. The Morgan fingerprint density at radius 3 is 2.50 bits per heavy atom. The Labute approximate surface area is 165 Å². The number of carbonyl (C=O) groups is 1. The molecule has 28 heavy (non-hydrogen) atoms. The van der Waals surface area contributed by atoms with Crippen molar-refractivity contribution in [1.82, 2.24) is 15.0 Å². The van der Waals surface area contributed by atoms with E-state index in [0.29, 0.717) is 30.5 Å². The van der Waals surface area contributed by atoms with Gasteiger partial charge in [-0.05, 0) is 50.5 Å². The number of benzene rings is 1. The van der Waals surface area contributed by atoms with Gasteiger partial charge in [0.05, 0.1) is 12.1 Å². The van der Waals surface area contributed by atoms with Crippen LogP contribution in [0.5, 0.6) is 5.75 Å². The van der Waals surface area contributed by atoms with E-state index < -0.39 is 0 Å². The molecule has 0 unspecified atom stereocenters. The Bertz CT molecular complexity index is 952. The van der Waals surface area contributed by atoms with Crippen molar-refractivity contribution >= 4 is 5.91 Å². The highest BCUT2D eigenvalue weighted by atomic mass is 16.5.